The fourth-order valence-electron chi connectivity index (χ4n) is 9.64. The first kappa shape index (κ1) is 49.9. The number of nitrogens with two attached hydrogens (primary N) is 1. The lowest BCUT2D eigenvalue weighted by molar-refractivity contribution is -0.141. The van der Waals surface area contributed by atoms with Crippen LogP contribution < -0.4 is 20.7 Å². The Kier molecular flexibility index (Phi) is 16.9. The van der Waals surface area contributed by atoms with Crippen LogP contribution in [-0.2, 0) is 30.3 Å². The van der Waals surface area contributed by atoms with Crippen LogP contribution in [0.3, 0.4) is 0 Å². The second-order valence-corrected chi connectivity index (χ2v) is 19.6. The van der Waals surface area contributed by atoms with Crippen molar-refractivity contribution >= 4 is 34.7 Å². The SMILES string of the molecule is Cc1ccccc1-c1cc(N2CCC3(CC2)CN(CCCCOCCOCCOc2cc(C(C(=O)N4C[C@H](O)C[C@H]4C(=O)NCc4ccc(-c5scnc5C)cc4)C(C)C)on2)CCO3)c(N)nn1. The maximum absolute atomic E-state index is 14.0. The predicted octanol–water partition coefficient (Wildman–Crippen LogP) is 6.04. The molecule has 17 nitrogen and oxygen atoms in total. The molecule has 0 radical (unpaired) electrons. The predicted molar refractivity (Wildman–Crippen MR) is 264 cm³/mol. The molecule has 0 bridgehead atoms. The van der Waals surface area contributed by atoms with Crippen LogP contribution >= 0.6 is 11.3 Å². The number of morpholine rings is 1. The van der Waals surface area contributed by atoms with Crippen LogP contribution in [0.4, 0.5) is 11.5 Å². The number of aliphatic hydroxyl groups excluding tert-OH is 1. The summed E-state index contributed by atoms with van der Waals surface area (Å²) < 4.78 is 29.5. The van der Waals surface area contributed by atoms with E-state index in [1.165, 1.54) is 4.90 Å². The number of carbonyl (C=O) groups is 2. The number of piperidine rings is 1. The molecule has 3 aromatic heterocycles. The van der Waals surface area contributed by atoms with Crippen molar-refractivity contribution in [1.29, 1.82) is 0 Å². The average Bonchev–Trinajstić information content (AvgIpc) is 4.11. The zero-order valence-corrected chi connectivity index (χ0v) is 41.1. The molecule has 1 spiro atoms. The lowest BCUT2D eigenvalue weighted by atomic mass is 9.89. The normalized spacial score (nSPS) is 18.8. The second kappa shape index (κ2) is 23.4. The molecule has 3 aliphatic heterocycles. The highest BCUT2D eigenvalue weighted by atomic mass is 32.1. The van der Waals surface area contributed by atoms with Gasteiger partial charge in [0, 0.05) is 63.9 Å². The number of anilines is 2. The summed E-state index contributed by atoms with van der Waals surface area (Å²) in [5.41, 5.74) is 15.0. The largest absolute Gasteiger partial charge is 0.473 e. The summed E-state index contributed by atoms with van der Waals surface area (Å²) in [4.78, 5) is 39.3. The maximum atomic E-state index is 14.0. The van der Waals surface area contributed by atoms with Crippen molar-refractivity contribution in [2.24, 2.45) is 5.92 Å². The molecule has 69 heavy (non-hydrogen) atoms. The first-order valence-electron chi connectivity index (χ1n) is 24.3. The van der Waals surface area contributed by atoms with Crippen molar-refractivity contribution in [3.63, 3.8) is 0 Å². The Morgan fingerprint density at radius 1 is 0.971 bits per heavy atom. The van der Waals surface area contributed by atoms with Crippen LogP contribution in [0.5, 0.6) is 5.88 Å². The first-order valence-corrected chi connectivity index (χ1v) is 25.2. The highest BCUT2D eigenvalue weighted by molar-refractivity contribution is 7.13. The smallest absolute Gasteiger partial charge is 0.254 e. The van der Waals surface area contributed by atoms with Crippen LogP contribution in [0.1, 0.15) is 74.5 Å². The van der Waals surface area contributed by atoms with E-state index in [0.717, 1.165) is 109 Å². The number of likely N-dealkylation sites (tertiary alicyclic amines) is 1. The van der Waals surface area contributed by atoms with Crippen molar-refractivity contribution in [2.45, 2.75) is 90.0 Å². The number of carbonyl (C=O) groups excluding carboxylic acids is 2. The number of amides is 2. The van der Waals surface area contributed by atoms with Gasteiger partial charge in [-0.1, -0.05) is 62.4 Å². The Morgan fingerprint density at radius 3 is 2.49 bits per heavy atom. The average molecular weight is 966 g/mol. The molecule has 3 saturated heterocycles. The number of rotatable bonds is 21. The number of aliphatic hydroxyl groups is 1. The first-order chi connectivity index (χ1) is 33.5. The van der Waals surface area contributed by atoms with Gasteiger partial charge in [-0.05, 0) is 79.9 Å². The van der Waals surface area contributed by atoms with E-state index in [-0.39, 0.29) is 48.8 Å². The third-order valence-electron chi connectivity index (χ3n) is 13.5. The number of aryl methyl sites for hydroxylation is 2. The standard InChI is InChI=1S/C51H67N9O8S/c1-34(2)46(50(63)60-31-39(61)27-43(60)49(62)53-30-37-11-13-38(14-12-37)47-36(4)54-33-69-47)44-29-45(57-68-44)66-26-25-65-24-23-64-21-8-7-17-58-20-22-67-51(32-58)15-18-59(19-16-51)42-28-41(55-56-48(42)52)40-10-6-5-9-35(40)3/h5-6,9-14,28-29,33-34,39,43,46,61H,7-8,15-27,30-32H2,1-4H3,(H2,52,56)(H,53,62)/t39-,43+,46?/m1/s1. The number of nitrogens with one attached hydrogen (secondary N) is 1. The number of β-amino-alcohol motifs (C(OH)–C–C–N with tert-alkyl or cyclic N) is 1. The van der Waals surface area contributed by atoms with Gasteiger partial charge in [-0.2, -0.15) is 0 Å². The summed E-state index contributed by atoms with van der Waals surface area (Å²) in [6, 6.07) is 19.0. The van der Waals surface area contributed by atoms with E-state index in [2.05, 4.69) is 60.6 Å². The molecule has 5 aromatic rings. The zero-order chi connectivity index (χ0) is 48.3. The number of hydrogen-bond donors (Lipinski definition) is 3. The molecule has 0 saturated carbocycles. The number of thiazole rings is 1. The van der Waals surface area contributed by atoms with Crippen molar-refractivity contribution in [2.75, 3.05) is 89.5 Å². The van der Waals surface area contributed by atoms with E-state index in [4.69, 9.17) is 29.2 Å². The van der Waals surface area contributed by atoms with E-state index in [1.54, 1.807) is 17.4 Å². The number of nitrogen functional groups attached to an aromatic ring is 1. The monoisotopic (exact) mass is 965 g/mol. The molecule has 6 heterocycles. The summed E-state index contributed by atoms with van der Waals surface area (Å²) in [6.07, 6.45) is 3.20. The van der Waals surface area contributed by atoms with Gasteiger partial charge in [0.25, 0.3) is 5.88 Å². The van der Waals surface area contributed by atoms with Gasteiger partial charge in [-0.15, -0.1) is 21.5 Å². The van der Waals surface area contributed by atoms with E-state index in [1.807, 2.05) is 62.7 Å². The van der Waals surface area contributed by atoms with E-state index >= 15 is 0 Å². The second-order valence-electron chi connectivity index (χ2n) is 18.8. The van der Waals surface area contributed by atoms with Crippen molar-refractivity contribution in [3.05, 3.63) is 88.8 Å². The van der Waals surface area contributed by atoms with Gasteiger partial charge < -0.3 is 49.4 Å². The van der Waals surface area contributed by atoms with E-state index in [9.17, 15) is 14.7 Å². The van der Waals surface area contributed by atoms with E-state index in [0.29, 0.717) is 44.6 Å². The lowest BCUT2D eigenvalue weighted by Crippen LogP contribution is -2.57. The number of nitrogens with zero attached hydrogens (tertiary/aromatic N) is 7. The summed E-state index contributed by atoms with van der Waals surface area (Å²) in [6.45, 7) is 15.7. The van der Waals surface area contributed by atoms with Crippen LogP contribution in [0.2, 0.25) is 0 Å². The summed E-state index contributed by atoms with van der Waals surface area (Å²) >= 11 is 1.59. The molecular formula is C51H67N9O8S. The number of ether oxygens (including phenoxy) is 4. The van der Waals surface area contributed by atoms with Crippen molar-refractivity contribution in [3.8, 4) is 27.6 Å². The van der Waals surface area contributed by atoms with E-state index < -0.39 is 18.1 Å². The van der Waals surface area contributed by atoms with Crippen molar-refractivity contribution < 1.29 is 38.2 Å². The fraction of sp³-hybridized carbons (Fsp3) is 0.529. The molecule has 4 N–H and O–H groups in total. The van der Waals surface area contributed by atoms with Gasteiger partial charge in [-0.3, -0.25) is 14.5 Å². The molecule has 3 atom stereocenters. The lowest BCUT2D eigenvalue weighted by Gasteiger charge is -2.48. The van der Waals surface area contributed by atoms with Gasteiger partial charge >= 0.3 is 0 Å². The number of hydrogen-bond acceptors (Lipinski definition) is 16. The van der Waals surface area contributed by atoms with Gasteiger partial charge in [0.2, 0.25) is 11.8 Å². The molecule has 2 aromatic carbocycles. The molecule has 3 fully saturated rings. The highest BCUT2D eigenvalue weighted by Crippen LogP contribution is 2.36. The van der Waals surface area contributed by atoms with Gasteiger partial charge in [0.05, 0.1) is 65.6 Å². The van der Waals surface area contributed by atoms with Gasteiger partial charge in [-0.25, -0.2) is 4.98 Å². The summed E-state index contributed by atoms with van der Waals surface area (Å²) in [7, 11) is 0. The van der Waals surface area contributed by atoms with Crippen LogP contribution in [0.15, 0.2) is 70.7 Å². The summed E-state index contributed by atoms with van der Waals surface area (Å²) in [5, 5.41) is 26.3. The number of unbranched alkanes of at least 4 members (excludes halogenated alkanes) is 1. The Hall–Kier alpha value is -5.50. The minimum absolute atomic E-state index is 0.0531. The van der Waals surface area contributed by atoms with Gasteiger partial charge in [0.15, 0.2) is 11.6 Å². The minimum Gasteiger partial charge on any atom is -0.473 e. The molecule has 0 aliphatic carbocycles. The number of aromatic nitrogens is 4. The molecule has 3 aliphatic rings. The maximum Gasteiger partial charge on any atom is 0.254 e. The third kappa shape index (κ3) is 12.6. The number of benzene rings is 2. The van der Waals surface area contributed by atoms with Crippen molar-refractivity contribution in [1.82, 2.24) is 35.5 Å². The molecule has 2 amide bonds. The highest BCUT2D eigenvalue weighted by Gasteiger charge is 2.44. The van der Waals surface area contributed by atoms with Crippen LogP contribution in [-0.4, -0.2) is 144 Å². The molecule has 18 heteroatoms. The summed E-state index contributed by atoms with van der Waals surface area (Å²) in [5.74, 6) is -0.489. The molecule has 370 valence electrons. The Bertz CT molecular complexity index is 2460. The minimum atomic E-state index is -0.818. The van der Waals surface area contributed by atoms with Crippen LogP contribution in [0, 0.1) is 19.8 Å². The third-order valence-corrected chi connectivity index (χ3v) is 14.4. The molecular weight excluding hydrogens is 899 g/mol. The fourth-order valence-corrected chi connectivity index (χ4v) is 10.5. The Labute approximate surface area is 408 Å². The molecule has 1 unspecified atom stereocenters. The zero-order valence-electron chi connectivity index (χ0n) is 40.3. The Morgan fingerprint density at radius 2 is 1.74 bits per heavy atom. The topological polar surface area (TPSA) is 204 Å². The Balaban J connectivity index is 0.692. The quantitative estimate of drug-likeness (QED) is 0.0719. The van der Waals surface area contributed by atoms with Crippen LogP contribution in [0.25, 0.3) is 21.7 Å². The van der Waals surface area contributed by atoms with Gasteiger partial charge in [0.1, 0.15) is 18.6 Å². The molecule has 8 rings (SSSR count).